The first-order valence-electron chi connectivity index (χ1n) is 9.11. The van der Waals surface area contributed by atoms with Crippen molar-refractivity contribution in [2.24, 2.45) is 0 Å². The van der Waals surface area contributed by atoms with Gasteiger partial charge in [0.15, 0.2) is 0 Å². The van der Waals surface area contributed by atoms with E-state index in [9.17, 15) is 9.59 Å². The number of anilines is 1. The largest absolute Gasteiger partial charge is 0.491 e. The van der Waals surface area contributed by atoms with Crippen molar-refractivity contribution in [3.05, 3.63) is 66.2 Å². The molecular formula is C21H24N2O6S. The number of aliphatic hydroxyl groups excluding tert-OH is 1. The number of carbonyl (C=O) groups is 2. The summed E-state index contributed by atoms with van der Waals surface area (Å²) in [5, 5.41) is 20.1. The highest BCUT2D eigenvalue weighted by Crippen LogP contribution is 2.25. The van der Waals surface area contributed by atoms with E-state index in [0.29, 0.717) is 17.0 Å². The Morgan fingerprint density at radius 2 is 1.83 bits per heavy atom. The SMILES string of the molecule is CSc1ccc(NC(=O)O[C@@H](C/C=C/C(=O)NO)c2ccc(OCCO)cc2)cc1. The van der Waals surface area contributed by atoms with Gasteiger partial charge in [0.2, 0.25) is 0 Å². The van der Waals surface area contributed by atoms with Gasteiger partial charge < -0.3 is 14.6 Å². The predicted octanol–water partition coefficient (Wildman–Crippen LogP) is 3.52. The van der Waals surface area contributed by atoms with Gasteiger partial charge in [0, 0.05) is 23.1 Å². The third-order valence-corrected chi connectivity index (χ3v) is 4.67. The monoisotopic (exact) mass is 432 g/mol. The Kier molecular flexibility index (Phi) is 9.72. The van der Waals surface area contributed by atoms with Crippen LogP contribution in [0.25, 0.3) is 0 Å². The highest BCUT2D eigenvalue weighted by Gasteiger charge is 2.16. The van der Waals surface area contributed by atoms with Crippen LogP contribution in [0, 0.1) is 0 Å². The molecule has 0 saturated carbocycles. The van der Waals surface area contributed by atoms with Gasteiger partial charge in [0.1, 0.15) is 18.5 Å². The van der Waals surface area contributed by atoms with E-state index in [0.717, 1.165) is 11.0 Å². The fourth-order valence-electron chi connectivity index (χ4n) is 2.48. The van der Waals surface area contributed by atoms with E-state index in [2.05, 4.69) is 5.32 Å². The van der Waals surface area contributed by atoms with Crippen LogP contribution in [0.2, 0.25) is 0 Å². The van der Waals surface area contributed by atoms with Crippen molar-refractivity contribution in [1.29, 1.82) is 0 Å². The van der Waals surface area contributed by atoms with Crippen LogP contribution in [0.4, 0.5) is 10.5 Å². The fourth-order valence-corrected chi connectivity index (χ4v) is 2.89. The molecule has 4 N–H and O–H groups in total. The van der Waals surface area contributed by atoms with Gasteiger partial charge >= 0.3 is 6.09 Å². The Balaban J connectivity index is 2.08. The van der Waals surface area contributed by atoms with E-state index >= 15 is 0 Å². The molecule has 160 valence electrons. The molecule has 2 amide bonds. The average molecular weight is 432 g/mol. The number of aliphatic hydroxyl groups is 1. The zero-order chi connectivity index (χ0) is 21.8. The average Bonchev–Trinajstić information content (AvgIpc) is 2.77. The smallest absolute Gasteiger partial charge is 0.412 e. The molecule has 0 bridgehead atoms. The van der Waals surface area contributed by atoms with Crippen LogP contribution in [0.3, 0.4) is 0 Å². The van der Waals surface area contributed by atoms with Crippen LogP contribution >= 0.6 is 11.8 Å². The number of hydroxylamine groups is 1. The van der Waals surface area contributed by atoms with Crippen molar-refractivity contribution in [2.45, 2.75) is 17.4 Å². The van der Waals surface area contributed by atoms with Gasteiger partial charge in [-0.15, -0.1) is 11.8 Å². The van der Waals surface area contributed by atoms with Crippen molar-refractivity contribution >= 4 is 29.4 Å². The van der Waals surface area contributed by atoms with Gasteiger partial charge in [-0.2, -0.15) is 0 Å². The lowest BCUT2D eigenvalue weighted by Gasteiger charge is -2.18. The highest BCUT2D eigenvalue weighted by molar-refractivity contribution is 7.98. The lowest BCUT2D eigenvalue weighted by molar-refractivity contribution is -0.124. The summed E-state index contributed by atoms with van der Waals surface area (Å²) < 4.78 is 10.9. The molecule has 30 heavy (non-hydrogen) atoms. The number of hydrogen-bond donors (Lipinski definition) is 4. The summed E-state index contributed by atoms with van der Waals surface area (Å²) in [5.41, 5.74) is 2.79. The Morgan fingerprint density at radius 1 is 1.13 bits per heavy atom. The second-order valence-electron chi connectivity index (χ2n) is 6.00. The Bertz CT molecular complexity index is 840. The Morgan fingerprint density at radius 3 is 2.43 bits per heavy atom. The molecule has 8 nitrogen and oxygen atoms in total. The summed E-state index contributed by atoms with van der Waals surface area (Å²) in [5.74, 6) is -0.111. The first kappa shape index (κ1) is 23.3. The number of ether oxygens (including phenoxy) is 2. The highest BCUT2D eigenvalue weighted by atomic mass is 32.2. The number of hydrogen-bond acceptors (Lipinski definition) is 7. The zero-order valence-electron chi connectivity index (χ0n) is 16.4. The normalized spacial score (nSPS) is 11.7. The van der Waals surface area contributed by atoms with Crippen molar-refractivity contribution in [3.63, 3.8) is 0 Å². The molecule has 2 aromatic rings. The van der Waals surface area contributed by atoms with Crippen LogP contribution in [-0.4, -0.2) is 41.8 Å². The van der Waals surface area contributed by atoms with Crippen molar-refractivity contribution < 1.29 is 29.4 Å². The predicted molar refractivity (Wildman–Crippen MR) is 114 cm³/mol. The van der Waals surface area contributed by atoms with Crippen LogP contribution in [0.15, 0.2) is 65.6 Å². The lowest BCUT2D eigenvalue weighted by Crippen LogP contribution is -2.18. The van der Waals surface area contributed by atoms with Gasteiger partial charge in [-0.1, -0.05) is 18.2 Å². The summed E-state index contributed by atoms with van der Waals surface area (Å²) in [7, 11) is 0. The second-order valence-corrected chi connectivity index (χ2v) is 6.88. The lowest BCUT2D eigenvalue weighted by atomic mass is 10.1. The number of thioether (sulfide) groups is 1. The molecule has 0 aliphatic rings. The van der Waals surface area contributed by atoms with Crippen molar-refractivity contribution in [2.75, 3.05) is 24.8 Å². The Hall–Kier alpha value is -3.01. The number of benzene rings is 2. The standard InChI is InChI=1S/C21H24N2O6S/c1-30-18-11-7-16(8-12-18)22-21(26)29-19(3-2-4-20(25)23-27)15-5-9-17(10-6-15)28-14-13-24/h2,4-12,19,24,27H,3,13-14H2,1H3,(H,22,26)(H,23,25)/b4-2+/t19-/m0/s1. The molecule has 2 aromatic carbocycles. The molecule has 0 unspecified atom stereocenters. The van der Waals surface area contributed by atoms with Gasteiger partial charge in [0.05, 0.1) is 6.61 Å². The van der Waals surface area contributed by atoms with Crippen molar-refractivity contribution in [1.82, 2.24) is 5.48 Å². The fraction of sp³-hybridized carbons (Fsp3) is 0.238. The maximum Gasteiger partial charge on any atom is 0.412 e. The summed E-state index contributed by atoms with van der Waals surface area (Å²) in [6, 6.07) is 14.2. The summed E-state index contributed by atoms with van der Waals surface area (Å²) >= 11 is 1.60. The van der Waals surface area contributed by atoms with Gasteiger partial charge in [-0.05, 0) is 48.2 Å². The summed E-state index contributed by atoms with van der Waals surface area (Å²) in [4.78, 5) is 24.6. The summed E-state index contributed by atoms with van der Waals surface area (Å²) in [6.07, 6.45) is 3.50. The van der Waals surface area contributed by atoms with E-state index in [4.69, 9.17) is 19.8 Å². The van der Waals surface area contributed by atoms with Crippen molar-refractivity contribution in [3.8, 4) is 5.75 Å². The summed E-state index contributed by atoms with van der Waals surface area (Å²) in [6.45, 7) is 0.0827. The minimum Gasteiger partial charge on any atom is -0.491 e. The van der Waals surface area contributed by atoms with Crippen LogP contribution < -0.4 is 15.5 Å². The molecule has 0 fully saturated rings. The second kappa shape index (κ2) is 12.5. The maximum absolute atomic E-state index is 12.4. The van der Waals surface area contributed by atoms with Crippen LogP contribution in [-0.2, 0) is 9.53 Å². The minimum atomic E-state index is -0.681. The molecule has 0 radical (unpaired) electrons. The maximum atomic E-state index is 12.4. The number of rotatable bonds is 10. The van der Waals surface area contributed by atoms with E-state index in [1.165, 1.54) is 11.6 Å². The molecule has 0 aromatic heterocycles. The third-order valence-electron chi connectivity index (χ3n) is 3.93. The van der Waals surface area contributed by atoms with Gasteiger partial charge in [-0.3, -0.25) is 15.3 Å². The Labute approximate surface area is 178 Å². The molecule has 0 aliphatic carbocycles. The first-order valence-corrected chi connectivity index (χ1v) is 10.3. The van der Waals surface area contributed by atoms with Crippen LogP contribution in [0.1, 0.15) is 18.1 Å². The number of amides is 2. The molecule has 0 spiro atoms. The first-order chi connectivity index (χ1) is 14.5. The minimum absolute atomic E-state index is 0.0940. The molecule has 0 heterocycles. The topological polar surface area (TPSA) is 117 Å². The molecule has 9 heteroatoms. The molecular weight excluding hydrogens is 408 g/mol. The molecule has 0 aliphatic heterocycles. The molecule has 1 atom stereocenters. The molecule has 2 rings (SSSR count). The third kappa shape index (κ3) is 7.78. The van der Waals surface area contributed by atoms with Gasteiger partial charge in [-0.25, -0.2) is 10.3 Å². The van der Waals surface area contributed by atoms with E-state index in [1.54, 1.807) is 48.2 Å². The number of carbonyl (C=O) groups excluding carboxylic acids is 2. The van der Waals surface area contributed by atoms with E-state index in [1.807, 2.05) is 18.4 Å². The van der Waals surface area contributed by atoms with Crippen LogP contribution in [0.5, 0.6) is 5.75 Å². The zero-order valence-corrected chi connectivity index (χ0v) is 17.2. The quantitative estimate of drug-likeness (QED) is 0.196. The van der Waals surface area contributed by atoms with E-state index in [-0.39, 0.29) is 19.6 Å². The van der Waals surface area contributed by atoms with E-state index < -0.39 is 18.1 Å². The molecule has 0 saturated heterocycles. The number of nitrogens with one attached hydrogen (secondary N) is 2. The van der Waals surface area contributed by atoms with Gasteiger partial charge in [0.25, 0.3) is 5.91 Å².